The Bertz CT molecular complexity index is 4310. The predicted octanol–water partition coefficient (Wildman–Crippen LogP) is 18.4. The topological polar surface area (TPSA) is 48.4 Å². The van der Waals surface area contributed by atoms with E-state index < -0.39 is 0 Å². The summed E-state index contributed by atoms with van der Waals surface area (Å²) < 4.78 is 0. The van der Waals surface area contributed by atoms with Gasteiger partial charge in [-0.2, -0.15) is 0 Å². The largest absolute Gasteiger partial charge is 0.310 e. The lowest BCUT2D eigenvalue weighted by Crippen LogP contribution is -2.17. The van der Waals surface area contributed by atoms with Gasteiger partial charge in [0.15, 0.2) is 0 Å². The van der Waals surface area contributed by atoms with E-state index in [0.29, 0.717) is 0 Å². The molecule has 0 amide bonds. The molecule has 6 heteroatoms. The number of para-hydroxylation sites is 3. The molecule has 3 heterocycles. The second-order valence-electron chi connectivity index (χ2n) is 19.7. The van der Waals surface area contributed by atoms with Crippen LogP contribution in [0.15, 0.2) is 255 Å². The number of aromatic nitrogens is 3. The third-order valence-electron chi connectivity index (χ3n) is 15.0. The molecule has 1 aliphatic rings. The molecule has 0 bridgehead atoms. The van der Waals surface area contributed by atoms with Gasteiger partial charge in [-0.25, -0.2) is 0 Å². The molecule has 0 N–H and O–H groups in total. The van der Waals surface area contributed by atoms with Crippen molar-refractivity contribution in [2.45, 2.75) is 19.3 Å². The van der Waals surface area contributed by atoms with Gasteiger partial charge in [0.1, 0.15) is 0 Å². The van der Waals surface area contributed by atoms with E-state index in [1.165, 1.54) is 22.3 Å². The highest BCUT2D eigenvalue weighted by Gasteiger charge is 2.37. The molecular formula is C68H48N6. The zero-order chi connectivity index (χ0) is 49.3. The Morgan fingerprint density at radius 2 is 0.689 bits per heavy atom. The summed E-state index contributed by atoms with van der Waals surface area (Å²) in [5, 5.41) is 7.65. The third-order valence-corrected chi connectivity index (χ3v) is 15.0. The first-order chi connectivity index (χ1) is 36.5. The first-order valence-electron chi connectivity index (χ1n) is 25.2. The van der Waals surface area contributed by atoms with Gasteiger partial charge < -0.3 is 14.7 Å². The fourth-order valence-corrected chi connectivity index (χ4v) is 11.6. The van der Waals surface area contributed by atoms with Crippen LogP contribution in [0, 0.1) is 0 Å². The van der Waals surface area contributed by atoms with Crippen LogP contribution < -0.4 is 14.7 Å². The molecule has 0 fully saturated rings. The van der Waals surface area contributed by atoms with Crippen molar-refractivity contribution in [3.05, 3.63) is 266 Å². The van der Waals surface area contributed by atoms with E-state index >= 15 is 0 Å². The van der Waals surface area contributed by atoms with Crippen LogP contribution in [0.5, 0.6) is 0 Å². The van der Waals surface area contributed by atoms with Gasteiger partial charge in [0.25, 0.3) is 0 Å². The molecule has 0 saturated heterocycles. The first-order valence-corrected chi connectivity index (χ1v) is 25.2. The third kappa shape index (κ3) is 7.06. The van der Waals surface area contributed by atoms with E-state index in [-0.39, 0.29) is 5.41 Å². The summed E-state index contributed by atoms with van der Waals surface area (Å²) in [7, 11) is 0. The normalized spacial score (nSPS) is 12.6. The second kappa shape index (κ2) is 17.3. The SMILES string of the molecule is CC1(C)c2ccccc2-c2cc3c(N(c4ccccc4)c4ccc5ncccc5c4)c4cc(N(c5ccccc5)c5ccc6ncccc6c5)ccc4c(N(c4ccccc4)c4ccc5ncccc5c4)c3cc21. The van der Waals surface area contributed by atoms with Gasteiger partial charge in [0.2, 0.25) is 0 Å². The summed E-state index contributed by atoms with van der Waals surface area (Å²) in [4.78, 5) is 21.6. The molecule has 350 valence electrons. The first kappa shape index (κ1) is 43.2. The van der Waals surface area contributed by atoms with E-state index in [1.807, 2.05) is 36.8 Å². The number of rotatable bonds is 9. The molecule has 13 aromatic rings. The van der Waals surface area contributed by atoms with E-state index in [1.54, 1.807) is 0 Å². The molecule has 3 aromatic heterocycles. The van der Waals surface area contributed by atoms with E-state index in [9.17, 15) is 0 Å². The van der Waals surface area contributed by atoms with Crippen LogP contribution >= 0.6 is 0 Å². The van der Waals surface area contributed by atoms with Crippen molar-refractivity contribution in [1.29, 1.82) is 0 Å². The van der Waals surface area contributed by atoms with Gasteiger partial charge in [-0.15, -0.1) is 0 Å². The highest BCUT2D eigenvalue weighted by molar-refractivity contribution is 6.25. The summed E-state index contributed by atoms with van der Waals surface area (Å²) >= 11 is 0. The number of pyridine rings is 3. The van der Waals surface area contributed by atoms with Gasteiger partial charge in [-0.1, -0.05) is 117 Å². The van der Waals surface area contributed by atoms with Gasteiger partial charge >= 0.3 is 0 Å². The Hall–Kier alpha value is -9.65. The standard InChI is InChI=1S/C68H48N6/c1-68(2)61-27-13-12-26-55(61)57-43-59-60(44-62(57)68)66(73(49-22-8-4-9-23-49)52-30-34-64-46(40-52)18-15-37-70-64)56-32-28-54(72(48-20-6-3-7-21-48)51-29-33-63-45(39-51)17-14-36-69-63)42-58(56)67(59)74(50-24-10-5-11-25-50)53-31-35-65-47(41-53)19-16-38-71-65/h3-44H,1-2H3. The average molecular weight is 949 g/mol. The van der Waals surface area contributed by atoms with Gasteiger partial charge in [0.05, 0.1) is 27.9 Å². The molecule has 0 atom stereocenters. The molecule has 6 nitrogen and oxygen atoms in total. The molecule has 0 aliphatic heterocycles. The minimum absolute atomic E-state index is 0.265. The monoisotopic (exact) mass is 948 g/mol. The fourth-order valence-electron chi connectivity index (χ4n) is 11.6. The molecule has 0 radical (unpaired) electrons. The maximum atomic E-state index is 4.78. The Morgan fingerprint density at radius 3 is 1.22 bits per heavy atom. The van der Waals surface area contributed by atoms with Crippen molar-refractivity contribution >= 4 is 105 Å². The molecule has 1 aliphatic carbocycles. The highest BCUT2D eigenvalue weighted by Crippen LogP contribution is 2.57. The highest BCUT2D eigenvalue weighted by atomic mass is 15.2. The molecule has 0 saturated carbocycles. The smallest absolute Gasteiger partial charge is 0.0703 e. The van der Waals surface area contributed by atoms with Crippen LogP contribution in [0.25, 0.3) is 65.4 Å². The van der Waals surface area contributed by atoms with Gasteiger partial charge in [-0.05, 0) is 156 Å². The molecule has 10 aromatic carbocycles. The van der Waals surface area contributed by atoms with Crippen molar-refractivity contribution in [1.82, 2.24) is 15.0 Å². The predicted molar refractivity (Wildman–Crippen MR) is 309 cm³/mol. The van der Waals surface area contributed by atoms with Crippen molar-refractivity contribution in [3.8, 4) is 11.1 Å². The van der Waals surface area contributed by atoms with Crippen LogP contribution in [-0.2, 0) is 5.41 Å². The number of hydrogen-bond donors (Lipinski definition) is 0. The van der Waals surface area contributed by atoms with Crippen LogP contribution in [0.4, 0.5) is 51.2 Å². The summed E-state index contributed by atoms with van der Waals surface area (Å²) in [6.07, 6.45) is 5.59. The molecule has 14 rings (SSSR count). The molecule has 74 heavy (non-hydrogen) atoms. The Labute approximate surface area is 429 Å². The van der Waals surface area contributed by atoms with Crippen LogP contribution in [0.2, 0.25) is 0 Å². The van der Waals surface area contributed by atoms with E-state index in [2.05, 4.69) is 247 Å². The van der Waals surface area contributed by atoms with Crippen molar-refractivity contribution in [2.75, 3.05) is 14.7 Å². The number of fused-ring (bicyclic) bond motifs is 8. The van der Waals surface area contributed by atoms with Gasteiger partial charge in [-0.3, -0.25) is 15.0 Å². The molecule has 0 unspecified atom stereocenters. The molecular weight excluding hydrogens is 901 g/mol. The Morgan fingerprint density at radius 1 is 0.284 bits per heavy atom. The minimum atomic E-state index is -0.265. The Kier molecular flexibility index (Phi) is 10.1. The zero-order valence-corrected chi connectivity index (χ0v) is 40.9. The number of benzene rings is 10. The summed E-state index contributed by atoms with van der Waals surface area (Å²) in [6, 6.07) is 85.9. The lowest BCUT2D eigenvalue weighted by atomic mass is 9.81. The van der Waals surface area contributed by atoms with Crippen LogP contribution in [0.1, 0.15) is 25.0 Å². The zero-order valence-electron chi connectivity index (χ0n) is 40.9. The Balaban J connectivity index is 1.17. The second-order valence-corrected chi connectivity index (χ2v) is 19.7. The van der Waals surface area contributed by atoms with Crippen molar-refractivity contribution < 1.29 is 0 Å². The molecule has 0 spiro atoms. The van der Waals surface area contributed by atoms with Crippen LogP contribution in [-0.4, -0.2) is 15.0 Å². The summed E-state index contributed by atoms with van der Waals surface area (Å²) in [5.74, 6) is 0. The van der Waals surface area contributed by atoms with Crippen molar-refractivity contribution in [2.24, 2.45) is 0 Å². The number of hydrogen-bond acceptors (Lipinski definition) is 6. The summed E-state index contributed by atoms with van der Waals surface area (Å²) in [5.41, 5.74) is 17.2. The van der Waals surface area contributed by atoms with Crippen LogP contribution in [0.3, 0.4) is 0 Å². The summed E-state index contributed by atoms with van der Waals surface area (Å²) in [6.45, 7) is 4.76. The lowest BCUT2D eigenvalue weighted by Gasteiger charge is -2.34. The minimum Gasteiger partial charge on any atom is -0.310 e. The van der Waals surface area contributed by atoms with Gasteiger partial charge in [0, 0.05) is 102 Å². The van der Waals surface area contributed by atoms with Crippen molar-refractivity contribution in [3.63, 3.8) is 0 Å². The number of nitrogens with zero attached hydrogens (tertiary/aromatic N) is 6. The number of anilines is 9. The maximum Gasteiger partial charge on any atom is 0.0703 e. The fraction of sp³-hybridized carbons (Fsp3) is 0.0441. The van der Waals surface area contributed by atoms with E-state index in [0.717, 1.165) is 105 Å². The maximum absolute atomic E-state index is 4.78. The average Bonchev–Trinajstić information content (AvgIpc) is 3.77. The van der Waals surface area contributed by atoms with E-state index in [4.69, 9.17) is 15.0 Å². The lowest BCUT2D eigenvalue weighted by molar-refractivity contribution is 0.661. The quantitative estimate of drug-likeness (QED) is 0.106.